The van der Waals surface area contributed by atoms with E-state index < -0.39 is 5.97 Å². The molecule has 0 aliphatic rings. The van der Waals surface area contributed by atoms with Crippen molar-refractivity contribution in [2.24, 2.45) is 0 Å². The van der Waals surface area contributed by atoms with Crippen LogP contribution in [0.1, 0.15) is 22.5 Å². The van der Waals surface area contributed by atoms with Gasteiger partial charge < -0.3 is 19.2 Å². The second-order valence-electron chi connectivity index (χ2n) is 3.29. The van der Waals surface area contributed by atoms with Gasteiger partial charge in [-0.2, -0.15) is 0 Å². The Hall–Kier alpha value is -1.33. The number of hydrogen-bond donors (Lipinski definition) is 1. The number of hydrogen-bond acceptors (Lipinski definition) is 5. The normalized spacial score (nSPS) is 10.4. The van der Waals surface area contributed by atoms with Crippen molar-refractivity contribution in [1.29, 1.82) is 0 Å². The van der Waals surface area contributed by atoms with Crippen molar-refractivity contribution < 1.29 is 18.7 Å². The van der Waals surface area contributed by atoms with Gasteiger partial charge in [-0.05, 0) is 19.0 Å². The van der Waals surface area contributed by atoms with Crippen LogP contribution in [0.4, 0.5) is 0 Å². The molecular weight excluding hydrogens is 210 g/mol. The molecule has 16 heavy (non-hydrogen) atoms. The van der Waals surface area contributed by atoms with Crippen LogP contribution in [0.15, 0.2) is 16.7 Å². The zero-order valence-electron chi connectivity index (χ0n) is 9.62. The van der Waals surface area contributed by atoms with Crippen molar-refractivity contribution in [3.63, 3.8) is 0 Å². The fourth-order valence-electron chi connectivity index (χ4n) is 1.31. The predicted molar refractivity (Wildman–Crippen MR) is 58.2 cm³/mol. The molecule has 0 atom stereocenters. The molecule has 0 fully saturated rings. The summed E-state index contributed by atoms with van der Waals surface area (Å²) in [4.78, 5) is 11.3. The maximum atomic E-state index is 11.3. The number of ether oxygens (including phenoxy) is 2. The highest BCUT2D eigenvalue weighted by atomic mass is 16.5. The minimum atomic E-state index is -0.446. The van der Waals surface area contributed by atoms with Gasteiger partial charge in [-0.25, -0.2) is 4.79 Å². The Balaban J connectivity index is 2.36. The van der Waals surface area contributed by atoms with Gasteiger partial charge in [0.2, 0.25) is 5.76 Å². The Morgan fingerprint density at radius 3 is 3.00 bits per heavy atom. The maximum Gasteiger partial charge on any atom is 0.374 e. The molecule has 0 saturated carbocycles. The second-order valence-corrected chi connectivity index (χ2v) is 3.29. The van der Waals surface area contributed by atoms with Crippen LogP contribution < -0.4 is 5.32 Å². The van der Waals surface area contributed by atoms with Crippen LogP contribution in [0, 0.1) is 0 Å². The highest BCUT2D eigenvalue weighted by Crippen LogP contribution is 2.11. The van der Waals surface area contributed by atoms with Crippen LogP contribution in [-0.2, 0) is 16.0 Å². The molecule has 0 spiro atoms. The molecule has 0 radical (unpaired) electrons. The molecule has 1 rings (SSSR count). The van der Waals surface area contributed by atoms with Gasteiger partial charge in [-0.3, -0.25) is 0 Å². The lowest BCUT2D eigenvalue weighted by molar-refractivity contribution is 0.0563. The second kappa shape index (κ2) is 7.03. The van der Waals surface area contributed by atoms with E-state index in [1.54, 1.807) is 13.2 Å². The lowest BCUT2D eigenvalue weighted by Crippen LogP contribution is -2.17. The number of carbonyl (C=O) groups excluding carboxylic acids is 1. The number of carbonyl (C=O) groups is 1. The molecule has 0 aromatic carbocycles. The minimum Gasteiger partial charge on any atom is -0.463 e. The molecule has 1 N–H and O–H groups in total. The number of esters is 1. The highest BCUT2D eigenvalue weighted by molar-refractivity contribution is 5.87. The molecule has 0 unspecified atom stereocenters. The Morgan fingerprint density at radius 1 is 1.50 bits per heavy atom. The van der Waals surface area contributed by atoms with Gasteiger partial charge in [-0.15, -0.1) is 0 Å². The monoisotopic (exact) mass is 227 g/mol. The fraction of sp³-hybridized carbons (Fsp3) is 0.545. The quantitative estimate of drug-likeness (QED) is 0.560. The lowest BCUT2D eigenvalue weighted by Gasteiger charge is -2.03. The van der Waals surface area contributed by atoms with Crippen LogP contribution in [-0.4, -0.2) is 33.3 Å². The first-order valence-corrected chi connectivity index (χ1v) is 5.14. The van der Waals surface area contributed by atoms with E-state index in [1.807, 2.05) is 0 Å². The zero-order chi connectivity index (χ0) is 11.8. The molecule has 0 bridgehead atoms. The Kier molecular flexibility index (Phi) is 5.60. The molecule has 90 valence electrons. The van der Waals surface area contributed by atoms with Crippen LogP contribution in [0.5, 0.6) is 0 Å². The highest BCUT2D eigenvalue weighted by Gasteiger charge is 2.14. The summed E-state index contributed by atoms with van der Waals surface area (Å²) in [5.41, 5.74) is 0.810. The minimum absolute atomic E-state index is 0.266. The summed E-state index contributed by atoms with van der Waals surface area (Å²) in [7, 11) is 3.01. The molecule has 0 aliphatic carbocycles. The number of furan rings is 1. The molecule has 0 saturated heterocycles. The Labute approximate surface area is 94.7 Å². The summed E-state index contributed by atoms with van der Waals surface area (Å²) in [5.74, 6) is -0.180. The standard InChI is InChI=1S/C11H17NO4/c1-14-6-3-5-12-8-9-4-7-16-10(9)11(13)15-2/h4,7,12H,3,5-6,8H2,1-2H3. The summed E-state index contributed by atoms with van der Waals surface area (Å²) in [6.45, 7) is 2.15. The van der Waals surface area contributed by atoms with Crippen molar-refractivity contribution in [3.8, 4) is 0 Å². The summed E-state index contributed by atoms with van der Waals surface area (Å²) in [6, 6.07) is 1.76. The van der Waals surface area contributed by atoms with Crippen molar-refractivity contribution in [2.75, 3.05) is 27.4 Å². The molecule has 5 heteroatoms. The average Bonchev–Trinajstić information content (AvgIpc) is 2.76. The van der Waals surface area contributed by atoms with E-state index in [0.29, 0.717) is 6.54 Å². The van der Waals surface area contributed by atoms with Gasteiger partial charge in [0, 0.05) is 25.8 Å². The first-order valence-electron chi connectivity index (χ1n) is 5.14. The van der Waals surface area contributed by atoms with Crippen LogP contribution in [0.2, 0.25) is 0 Å². The van der Waals surface area contributed by atoms with Crippen molar-refractivity contribution in [2.45, 2.75) is 13.0 Å². The van der Waals surface area contributed by atoms with Gasteiger partial charge >= 0.3 is 5.97 Å². The first-order chi connectivity index (χ1) is 7.79. The Bertz CT molecular complexity index is 322. The van der Waals surface area contributed by atoms with Crippen LogP contribution in [0.25, 0.3) is 0 Å². The van der Waals surface area contributed by atoms with Crippen molar-refractivity contribution >= 4 is 5.97 Å². The summed E-state index contributed by atoms with van der Waals surface area (Å²) in [6.07, 6.45) is 2.42. The van der Waals surface area contributed by atoms with Gasteiger partial charge in [0.1, 0.15) is 0 Å². The SMILES string of the molecule is COCCCNCc1ccoc1C(=O)OC. The fourth-order valence-corrected chi connectivity index (χ4v) is 1.31. The van der Waals surface area contributed by atoms with E-state index >= 15 is 0 Å². The Morgan fingerprint density at radius 2 is 2.31 bits per heavy atom. The van der Waals surface area contributed by atoms with E-state index in [0.717, 1.165) is 25.1 Å². The summed E-state index contributed by atoms with van der Waals surface area (Å²) >= 11 is 0. The number of nitrogens with one attached hydrogen (secondary N) is 1. The molecule has 5 nitrogen and oxygen atoms in total. The van der Waals surface area contributed by atoms with E-state index in [2.05, 4.69) is 10.1 Å². The van der Waals surface area contributed by atoms with Crippen LogP contribution in [0.3, 0.4) is 0 Å². The van der Waals surface area contributed by atoms with Gasteiger partial charge in [0.15, 0.2) is 0 Å². The number of methoxy groups -OCH3 is 2. The lowest BCUT2D eigenvalue weighted by atomic mass is 10.2. The predicted octanol–water partition coefficient (Wildman–Crippen LogP) is 1.19. The molecule has 1 aromatic heterocycles. The van der Waals surface area contributed by atoms with Crippen molar-refractivity contribution in [3.05, 3.63) is 23.7 Å². The van der Waals surface area contributed by atoms with E-state index in [9.17, 15) is 4.79 Å². The molecule has 1 aromatic rings. The summed E-state index contributed by atoms with van der Waals surface area (Å²) in [5, 5.41) is 3.19. The van der Waals surface area contributed by atoms with E-state index in [1.165, 1.54) is 13.4 Å². The molecule has 0 amide bonds. The van der Waals surface area contributed by atoms with Crippen LogP contribution >= 0.6 is 0 Å². The molecule has 1 heterocycles. The molecule has 0 aliphatic heterocycles. The summed E-state index contributed by atoms with van der Waals surface area (Å²) < 4.78 is 14.6. The average molecular weight is 227 g/mol. The zero-order valence-corrected chi connectivity index (χ0v) is 9.62. The number of rotatable bonds is 7. The first kappa shape index (κ1) is 12.7. The van der Waals surface area contributed by atoms with E-state index in [4.69, 9.17) is 9.15 Å². The van der Waals surface area contributed by atoms with Gasteiger partial charge in [0.05, 0.1) is 13.4 Å². The molecular formula is C11H17NO4. The third-order valence-electron chi connectivity index (χ3n) is 2.14. The van der Waals surface area contributed by atoms with Crippen molar-refractivity contribution in [1.82, 2.24) is 5.32 Å². The van der Waals surface area contributed by atoms with E-state index in [-0.39, 0.29) is 5.76 Å². The third kappa shape index (κ3) is 3.67. The third-order valence-corrected chi connectivity index (χ3v) is 2.14. The maximum absolute atomic E-state index is 11.3. The van der Waals surface area contributed by atoms with Gasteiger partial charge in [0.25, 0.3) is 0 Å². The van der Waals surface area contributed by atoms with Gasteiger partial charge in [-0.1, -0.05) is 0 Å². The topological polar surface area (TPSA) is 60.7 Å². The smallest absolute Gasteiger partial charge is 0.374 e. The largest absolute Gasteiger partial charge is 0.463 e.